The van der Waals surface area contributed by atoms with Crippen molar-refractivity contribution in [3.63, 3.8) is 0 Å². The van der Waals surface area contributed by atoms with Crippen molar-refractivity contribution < 1.29 is 9.32 Å². The van der Waals surface area contributed by atoms with Gasteiger partial charge >= 0.3 is 0 Å². The summed E-state index contributed by atoms with van der Waals surface area (Å²) >= 11 is 0. The molecule has 5 heteroatoms. The van der Waals surface area contributed by atoms with E-state index in [0.717, 1.165) is 0 Å². The molecule has 1 aliphatic rings. The molecule has 2 rings (SSSR count). The first kappa shape index (κ1) is 11.6. The standard InChI is InChI=1S/C12H15N3O2/c1-8-4-12(5-8,7-13)11(16)14-6-10-3-9(2)17-15-10/h3,8H,4-6H2,1-2H3,(H,14,16). The Morgan fingerprint density at radius 1 is 1.76 bits per heavy atom. The first-order valence-electron chi connectivity index (χ1n) is 5.67. The van der Waals surface area contributed by atoms with Gasteiger partial charge in [0.1, 0.15) is 16.9 Å². The van der Waals surface area contributed by atoms with Gasteiger partial charge < -0.3 is 9.84 Å². The van der Waals surface area contributed by atoms with Gasteiger partial charge in [0.25, 0.3) is 0 Å². The van der Waals surface area contributed by atoms with Crippen LogP contribution in [0.1, 0.15) is 31.2 Å². The first-order chi connectivity index (χ1) is 8.05. The average molecular weight is 233 g/mol. The molecule has 1 heterocycles. The summed E-state index contributed by atoms with van der Waals surface area (Å²) < 4.78 is 4.90. The third-order valence-electron chi connectivity index (χ3n) is 3.15. The predicted octanol–water partition coefficient (Wildman–Crippen LogP) is 1.54. The Bertz CT molecular complexity index is 466. The largest absolute Gasteiger partial charge is 0.361 e. The van der Waals surface area contributed by atoms with Crippen molar-refractivity contribution in [1.82, 2.24) is 10.5 Å². The highest BCUT2D eigenvalue weighted by molar-refractivity contribution is 5.86. The van der Waals surface area contributed by atoms with E-state index in [-0.39, 0.29) is 5.91 Å². The Morgan fingerprint density at radius 2 is 2.47 bits per heavy atom. The third-order valence-corrected chi connectivity index (χ3v) is 3.15. The molecule has 1 fully saturated rings. The molecule has 1 N–H and O–H groups in total. The van der Waals surface area contributed by atoms with E-state index in [1.165, 1.54) is 0 Å². The molecular weight excluding hydrogens is 218 g/mol. The molecule has 0 unspecified atom stereocenters. The zero-order valence-corrected chi connectivity index (χ0v) is 9.99. The number of amides is 1. The van der Waals surface area contributed by atoms with Crippen molar-refractivity contribution in [2.45, 2.75) is 33.2 Å². The Morgan fingerprint density at radius 3 is 2.94 bits per heavy atom. The lowest BCUT2D eigenvalue weighted by atomic mass is 9.63. The number of nitrogens with one attached hydrogen (secondary N) is 1. The van der Waals surface area contributed by atoms with Crippen LogP contribution in [0.2, 0.25) is 0 Å². The van der Waals surface area contributed by atoms with E-state index in [9.17, 15) is 4.79 Å². The van der Waals surface area contributed by atoms with Crippen LogP contribution in [0.15, 0.2) is 10.6 Å². The van der Waals surface area contributed by atoms with E-state index >= 15 is 0 Å². The van der Waals surface area contributed by atoms with Crippen LogP contribution in [-0.2, 0) is 11.3 Å². The van der Waals surface area contributed by atoms with Gasteiger partial charge in [0.2, 0.25) is 5.91 Å². The van der Waals surface area contributed by atoms with E-state index in [2.05, 4.69) is 16.5 Å². The molecule has 0 spiro atoms. The van der Waals surface area contributed by atoms with Gasteiger partial charge in [-0.05, 0) is 25.7 Å². The molecule has 1 saturated carbocycles. The summed E-state index contributed by atoms with van der Waals surface area (Å²) in [5.41, 5.74) is -0.144. The Labute approximate surface area is 99.8 Å². The van der Waals surface area contributed by atoms with E-state index in [1.807, 2.05) is 6.92 Å². The molecular formula is C12H15N3O2. The summed E-state index contributed by atoms with van der Waals surface area (Å²) in [5.74, 6) is 0.968. The number of nitriles is 1. The van der Waals surface area contributed by atoms with Crippen molar-refractivity contribution in [1.29, 1.82) is 5.26 Å². The van der Waals surface area contributed by atoms with Gasteiger partial charge in [0.05, 0.1) is 12.6 Å². The van der Waals surface area contributed by atoms with Crippen LogP contribution in [-0.4, -0.2) is 11.1 Å². The lowest BCUT2D eigenvalue weighted by Gasteiger charge is -2.39. The van der Waals surface area contributed by atoms with Crippen LogP contribution in [0, 0.1) is 29.6 Å². The van der Waals surface area contributed by atoms with Crippen molar-refractivity contribution in [3.05, 3.63) is 17.5 Å². The van der Waals surface area contributed by atoms with Crippen LogP contribution >= 0.6 is 0 Å². The SMILES string of the molecule is Cc1cc(CNC(=O)C2(C#N)CC(C)C2)no1. The minimum absolute atomic E-state index is 0.196. The summed E-state index contributed by atoms with van der Waals surface area (Å²) in [6.07, 6.45) is 1.29. The first-order valence-corrected chi connectivity index (χ1v) is 5.67. The molecule has 0 saturated heterocycles. The maximum absolute atomic E-state index is 11.9. The number of carbonyl (C=O) groups excluding carboxylic acids is 1. The van der Waals surface area contributed by atoms with E-state index in [1.54, 1.807) is 13.0 Å². The zero-order valence-electron chi connectivity index (χ0n) is 9.99. The summed E-state index contributed by atoms with van der Waals surface area (Å²) in [5, 5.41) is 15.6. The molecule has 1 amide bonds. The van der Waals surface area contributed by atoms with Crippen molar-refractivity contribution in [2.24, 2.45) is 11.3 Å². The molecule has 1 aromatic heterocycles. The average Bonchev–Trinajstić information content (AvgIpc) is 2.67. The number of rotatable bonds is 3. The van der Waals surface area contributed by atoms with Crippen LogP contribution in [0.5, 0.6) is 0 Å². The summed E-state index contributed by atoms with van der Waals surface area (Å²) in [6, 6.07) is 3.90. The fourth-order valence-electron chi connectivity index (χ4n) is 2.30. The second-order valence-electron chi connectivity index (χ2n) is 4.82. The fourth-order valence-corrected chi connectivity index (χ4v) is 2.30. The molecule has 5 nitrogen and oxygen atoms in total. The second-order valence-corrected chi connectivity index (χ2v) is 4.82. The zero-order chi connectivity index (χ0) is 12.5. The molecule has 0 radical (unpaired) electrons. The molecule has 90 valence electrons. The van der Waals surface area contributed by atoms with Gasteiger partial charge in [-0.1, -0.05) is 12.1 Å². The minimum atomic E-state index is -0.821. The second kappa shape index (κ2) is 4.21. The lowest BCUT2D eigenvalue weighted by molar-refractivity contribution is -0.134. The maximum atomic E-state index is 11.9. The molecule has 0 bridgehead atoms. The van der Waals surface area contributed by atoms with E-state index in [0.29, 0.717) is 36.8 Å². The van der Waals surface area contributed by atoms with Gasteiger partial charge in [-0.15, -0.1) is 0 Å². The molecule has 1 aromatic rings. The Hall–Kier alpha value is -1.83. The number of hydrogen-bond acceptors (Lipinski definition) is 4. The number of carbonyl (C=O) groups is 1. The predicted molar refractivity (Wildman–Crippen MR) is 59.5 cm³/mol. The lowest BCUT2D eigenvalue weighted by Crippen LogP contribution is -2.47. The van der Waals surface area contributed by atoms with Gasteiger partial charge in [-0.25, -0.2) is 0 Å². The molecule has 17 heavy (non-hydrogen) atoms. The maximum Gasteiger partial charge on any atom is 0.240 e. The minimum Gasteiger partial charge on any atom is -0.361 e. The fraction of sp³-hybridized carbons (Fsp3) is 0.583. The Balaban J connectivity index is 1.92. The molecule has 0 aliphatic heterocycles. The van der Waals surface area contributed by atoms with E-state index < -0.39 is 5.41 Å². The van der Waals surface area contributed by atoms with Crippen LogP contribution in [0.4, 0.5) is 0 Å². The van der Waals surface area contributed by atoms with Crippen molar-refractivity contribution in [3.8, 4) is 6.07 Å². The monoisotopic (exact) mass is 233 g/mol. The van der Waals surface area contributed by atoms with Gasteiger partial charge in [0.15, 0.2) is 0 Å². The third kappa shape index (κ3) is 2.16. The highest BCUT2D eigenvalue weighted by atomic mass is 16.5. The number of aryl methyl sites for hydroxylation is 1. The van der Waals surface area contributed by atoms with Crippen molar-refractivity contribution >= 4 is 5.91 Å². The quantitative estimate of drug-likeness (QED) is 0.858. The Kier molecular flexibility index (Phi) is 2.88. The molecule has 0 aromatic carbocycles. The van der Waals surface area contributed by atoms with Gasteiger partial charge in [-0.2, -0.15) is 5.26 Å². The normalized spacial score (nSPS) is 27.0. The number of aromatic nitrogens is 1. The van der Waals surface area contributed by atoms with Crippen LogP contribution < -0.4 is 5.32 Å². The summed E-state index contributed by atoms with van der Waals surface area (Å²) in [7, 11) is 0. The van der Waals surface area contributed by atoms with Crippen molar-refractivity contribution in [2.75, 3.05) is 0 Å². The number of nitrogens with zero attached hydrogens (tertiary/aromatic N) is 2. The summed E-state index contributed by atoms with van der Waals surface area (Å²) in [6.45, 7) is 4.15. The van der Waals surface area contributed by atoms with Crippen LogP contribution in [0.25, 0.3) is 0 Å². The van der Waals surface area contributed by atoms with Gasteiger partial charge in [-0.3, -0.25) is 4.79 Å². The summed E-state index contributed by atoms with van der Waals surface area (Å²) in [4.78, 5) is 11.9. The molecule has 0 atom stereocenters. The smallest absolute Gasteiger partial charge is 0.240 e. The topological polar surface area (TPSA) is 78.9 Å². The highest BCUT2D eigenvalue weighted by Crippen LogP contribution is 2.45. The number of hydrogen-bond donors (Lipinski definition) is 1. The van der Waals surface area contributed by atoms with Crippen LogP contribution in [0.3, 0.4) is 0 Å². The van der Waals surface area contributed by atoms with Gasteiger partial charge in [0, 0.05) is 6.07 Å². The molecule has 1 aliphatic carbocycles. The van der Waals surface area contributed by atoms with E-state index in [4.69, 9.17) is 9.78 Å². The highest BCUT2D eigenvalue weighted by Gasteiger charge is 2.48.